The molecule has 1 rings (SSSR count). The predicted octanol–water partition coefficient (Wildman–Crippen LogP) is 4.17. The van der Waals surface area contributed by atoms with Crippen molar-refractivity contribution in [2.45, 2.75) is 32.5 Å². The van der Waals surface area contributed by atoms with Crippen LogP contribution in [-0.4, -0.2) is 0 Å². The van der Waals surface area contributed by atoms with Gasteiger partial charge in [0.15, 0.2) is 0 Å². The van der Waals surface area contributed by atoms with Gasteiger partial charge in [0.25, 0.3) is 0 Å². The summed E-state index contributed by atoms with van der Waals surface area (Å²) in [4.78, 5) is 0. The number of hydrogen-bond acceptors (Lipinski definition) is 1. The highest BCUT2D eigenvalue weighted by molar-refractivity contribution is 5.85. The molecule has 5 heteroatoms. The van der Waals surface area contributed by atoms with Crippen LogP contribution in [-0.2, 0) is 6.18 Å². The van der Waals surface area contributed by atoms with Crippen LogP contribution in [0, 0.1) is 5.92 Å². The predicted molar refractivity (Wildman–Crippen MR) is 65.1 cm³/mol. The van der Waals surface area contributed by atoms with Crippen LogP contribution in [0.5, 0.6) is 0 Å². The summed E-state index contributed by atoms with van der Waals surface area (Å²) in [6, 6.07) is 4.87. The SMILES string of the molecule is CC(C)C[C@H](N)c1ccc(C(F)(F)F)cc1.Cl. The van der Waals surface area contributed by atoms with Crippen LogP contribution in [0.3, 0.4) is 0 Å². The minimum atomic E-state index is -4.28. The number of benzene rings is 1. The van der Waals surface area contributed by atoms with Crippen LogP contribution < -0.4 is 5.73 Å². The van der Waals surface area contributed by atoms with Crippen molar-refractivity contribution in [2.24, 2.45) is 11.7 Å². The molecule has 0 aliphatic carbocycles. The zero-order valence-electron chi connectivity index (χ0n) is 9.79. The smallest absolute Gasteiger partial charge is 0.324 e. The summed E-state index contributed by atoms with van der Waals surface area (Å²) in [6.45, 7) is 4.06. The number of halogens is 4. The molecule has 0 heterocycles. The van der Waals surface area contributed by atoms with E-state index in [4.69, 9.17) is 5.73 Å². The Labute approximate surface area is 106 Å². The topological polar surface area (TPSA) is 26.0 Å². The molecule has 1 nitrogen and oxygen atoms in total. The summed E-state index contributed by atoms with van der Waals surface area (Å²) in [6.07, 6.45) is -3.51. The maximum absolute atomic E-state index is 12.3. The minimum absolute atomic E-state index is 0. The molecule has 0 amide bonds. The summed E-state index contributed by atoms with van der Waals surface area (Å²) < 4.78 is 36.9. The molecule has 0 spiro atoms. The van der Waals surface area contributed by atoms with Gasteiger partial charge in [-0.3, -0.25) is 0 Å². The molecule has 0 saturated heterocycles. The van der Waals surface area contributed by atoms with Crippen molar-refractivity contribution in [3.8, 4) is 0 Å². The lowest BCUT2D eigenvalue weighted by Crippen LogP contribution is -2.13. The average molecular weight is 268 g/mol. The van der Waals surface area contributed by atoms with Crippen LogP contribution in [0.25, 0.3) is 0 Å². The Kier molecular flexibility index (Phi) is 5.99. The number of rotatable bonds is 3. The third-order valence-electron chi connectivity index (χ3n) is 2.39. The van der Waals surface area contributed by atoms with Gasteiger partial charge < -0.3 is 5.73 Å². The van der Waals surface area contributed by atoms with Crippen molar-refractivity contribution in [1.29, 1.82) is 0 Å². The zero-order chi connectivity index (χ0) is 12.3. The molecule has 0 fully saturated rings. The van der Waals surface area contributed by atoms with Crippen molar-refractivity contribution < 1.29 is 13.2 Å². The van der Waals surface area contributed by atoms with E-state index in [1.165, 1.54) is 12.1 Å². The minimum Gasteiger partial charge on any atom is -0.324 e. The molecule has 0 aromatic heterocycles. The van der Waals surface area contributed by atoms with Crippen molar-refractivity contribution in [1.82, 2.24) is 0 Å². The summed E-state index contributed by atoms with van der Waals surface area (Å²) in [5.74, 6) is 0.428. The maximum atomic E-state index is 12.3. The van der Waals surface area contributed by atoms with Crippen molar-refractivity contribution in [2.75, 3.05) is 0 Å². The molecular formula is C12H17ClF3N. The molecule has 0 radical (unpaired) electrons. The molecule has 1 aromatic rings. The van der Waals surface area contributed by atoms with Crippen LogP contribution in [0.15, 0.2) is 24.3 Å². The van der Waals surface area contributed by atoms with Gasteiger partial charge in [-0.05, 0) is 30.0 Å². The fourth-order valence-corrected chi connectivity index (χ4v) is 1.56. The van der Waals surface area contributed by atoms with Crippen molar-refractivity contribution in [3.05, 3.63) is 35.4 Å². The van der Waals surface area contributed by atoms with Crippen LogP contribution in [0.2, 0.25) is 0 Å². The molecule has 0 aliphatic heterocycles. The van der Waals surface area contributed by atoms with E-state index in [1.54, 1.807) is 0 Å². The quantitative estimate of drug-likeness (QED) is 0.874. The first-order chi connectivity index (χ1) is 7.30. The third-order valence-corrected chi connectivity index (χ3v) is 2.39. The molecule has 0 aliphatic rings. The fourth-order valence-electron chi connectivity index (χ4n) is 1.56. The first-order valence-electron chi connectivity index (χ1n) is 5.23. The molecular weight excluding hydrogens is 251 g/mol. The van der Waals surface area contributed by atoms with E-state index >= 15 is 0 Å². The highest BCUT2D eigenvalue weighted by atomic mass is 35.5. The van der Waals surface area contributed by atoms with E-state index < -0.39 is 11.7 Å². The van der Waals surface area contributed by atoms with E-state index in [2.05, 4.69) is 0 Å². The Bertz CT molecular complexity index is 333. The Balaban J connectivity index is 0.00000256. The third kappa shape index (κ3) is 4.96. The molecule has 1 aromatic carbocycles. The Morgan fingerprint density at radius 1 is 1.12 bits per heavy atom. The second-order valence-electron chi connectivity index (χ2n) is 4.36. The summed E-state index contributed by atoms with van der Waals surface area (Å²) in [5, 5.41) is 0. The second-order valence-corrected chi connectivity index (χ2v) is 4.36. The average Bonchev–Trinajstić information content (AvgIpc) is 2.15. The molecule has 17 heavy (non-hydrogen) atoms. The molecule has 0 bridgehead atoms. The van der Waals surface area contributed by atoms with Gasteiger partial charge in [-0.2, -0.15) is 13.2 Å². The largest absolute Gasteiger partial charge is 0.416 e. The number of alkyl halides is 3. The molecule has 2 N–H and O–H groups in total. The van der Waals surface area contributed by atoms with Gasteiger partial charge in [-0.15, -0.1) is 12.4 Å². The van der Waals surface area contributed by atoms with Gasteiger partial charge in [0.2, 0.25) is 0 Å². The Morgan fingerprint density at radius 3 is 1.94 bits per heavy atom. The van der Waals surface area contributed by atoms with E-state index in [0.29, 0.717) is 5.92 Å². The van der Waals surface area contributed by atoms with Gasteiger partial charge in [-0.25, -0.2) is 0 Å². The fraction of sp³-hybridized carbons (Fsp3) is 0.500. The first-order valence-corrected chi connectivity index (χ1v) is 5.23. The van der Waals surface area contributed by atoms with Gasteiger partial charge in [0.1, 0.15) is 0 Å². The standard InChI is InChI=1S/C12H16F3N.ClH/c1-8(2)7-11(16)9-3-5-10(6-4-9)12(13,14)15;/h3-6,8,11H,7,16H2,1-2H3;1H/t11-;/m0./s1. The van der Waals surface area contributed by atoms with E-state index in [-0.39, 0.29) is 18.4 Å². The van der Waals surface area contributed by atoms with E-state index in [9.17, 15) is 13.2 Å². The molecule has 0 unspecified atom stereocenters. The molecule has 1 atom stereocenters. The monoisotopic (exact) mass is 267 g/mol. The Morgan fingerprint density at radius 2 is 1.59 bits per heavy atom. The van der Waals surface area contributed by atoms with Gasteiger partial charge in [0, 0.05) is 6.04 Å². The second kappa shape index (κ2) is 6.26. The summed E-state index contributed by atoms with van der Waals surface area (Å²) >= 11 is 0. The highest BCUT2D eigenvalue weighted by Crippen LogP contribution is 2.30. The summed E-state index contributed by atoms with van der Waals surface area (Å²) in [7, 11) is 0. The van der Waals surface area contributed by atoms with Crippen LogP contribution in [0.1, 0.15) is 37.4 Å². The maximum Gasteiger partial charge on any atom is 0.416 e. The van der Waals surface area contributed by atoms with Crippen molar-refractivity contribution in [3.63, 3.8) is 0 Å². The van der Waals surface area contributed by atoms with Crippen LogP contribution >= 0.6 is 12.4 Å². The summed E-state index contributed by atoms with van der Waals surface area (Å²) in [5.41, 5.74) is 5.99. The Hall–Kier alpha value is -0.740. The molecule has 0 saturated carbocycles. The van der Waals surface area contributed by atoms with Crippen LogP contribution in [0.4, 0.5) is 13.2 Å². The lowest BCUT2D eigenvalue weighted by atomic mass is 9.97. The zero-order valence-corrected chi connectivity index (χ0v) is 10.6. The van der Waals surface area contributed by atoms with E-state index in [1.807, 2.05) is 13.8 Å². The van der Waals surface area contributed by atoms with Gasteiger partial charge in [-0.1, -0.05) is 26.0 Å². The number of hydrogen-bond donors (Lipinski definition) is 1. The molecule has 98 valence electrons. The normalized spacial score (nSPS) is 13.4. The highest BCUT2D eigenvalue weighted by Gasteiger charge is 2.30. The van der Waals surface area contributed by atoms with Crippen molar-refractivity contribution >= 4 is 12.4 Å². The number of nitrogens with two attached hydrogens (primary N) is 1. The van der Waals surface area contributed by atoms with E-state index in [0.717, 1.165) is 24.1 Å². The first kappa shape index (κ1) is 16.3. The van der Waals surface area contributed by atoms with Gasteiger partial charge >= 0.3 is 6.18 Å². The van der Waals surface area contributed by atoms with Gasteiger partial charge in [0.05, 0.1) is 5.56 Å². The lowest BCUT2D eigenvalue weighted by Gasteiger charge is -2.15. The lowest BCUT2D eigenvalue weighted by molar-refractivity contribution is -0.137.